The number of aromatic nitrogens is 6. The van der Waals surface area contributed by atoms with Crippen molar-refractivity contribution >= 4 is 74.1 Å². The maximum atomic E-state index is 14.0. The minimum absolute atomic E-state index is 0.266. The number of aliphatic hydroxyl groups is 2. The number of rotatable bonds is 11. The Kier molecular flexibility index (Phi) is 12.7. The molecule has 6 aromatic rings. The molecular formula is C47H50BrF2N12O6P. The lowest BCUT2D eigenvalue weighted by molar-refractivity contribution is -0.0413. The molecule has 2 amide bonds. The summed E-state index contributed by atoms with van der Waals surface area (Å²) in [5, 5.41) is 31.1. The van der Waals surface area contributed by atoms with Gasteiger partial charge >= 0.3 is 6.55 Å². The summed E-state index contributed by atoms with van der Waals surface area (Å²) in [7, 11) is -1.33. The van der Waals surface area contributed by atoms with E-state index in [4.69, 9.17) is 9.72 Å². The number of alkyl halides is 2. The number of piperidine rings is 2. The van der Waals surface area contributed by atoms with Crippen LogP contribution in [0.1, 0.15) is 52.9 Å². The number of piperazine rings is 1. The quantitative estimate of drug-likeness (QED) is 0.0883. The van der Waals surface area contributed by atoms with E-state index in [1.54, 1.807) is 63.3 Å². The van der Waals surface area contributed by atoms with E-state index in [2.05, 4.69) is 61.3 Å². The molecule has 3 aromatic carbocycles. The Hall–Kier alpha value is -5.96. The van der Waals surface area contributed by atoms with Gasteiger partial charge in [0.2, 0.25) is 0 Å². The van der Waals surface area contributed by atoms with Gasteiger partial charge in [-0.2, -0.15) is 13.9 Å². The van der Waals surface area contributed by atoms with Crippen molar-refractivity contribution in [2.45, 2.75) is 56.8 Å². The van der Waals surface area contributed by atoms with Gasteiger partial charge in [0.15, 0.2) is 5.82 Å². The number of carbonyl (C=O) groups excluding carboxylic acids is 2. The van der Waals surface area contributed by atoms with Crippen molar-refractivity contribution in [3.05, 3.63) is 89.0 Å². The first-order valence-corrected chi connectivity index (χ1v) is 26.1. The monoisotopic (exact) mass is 1030 g/mol. The topological polar surface area (TPSA) is 207 Å². The van der Waals surface area contributed by atoms with E-state index in [1.807, 2.05) is 18.2 Å². The standard InChI is InChI=1S/C47H50BrF2N12O6P/c1-68-37-22-36(60-19-17-58(18-20-60)27-11-15-59(16-12-27)34-6-4-5-28-39(34)46(66)62(45(28)65)35-9-10-38(63)56-44(35)64)29(26-23-54-61(25-26)47(49)50)21-30(37)42-53-24-31(48)43(57-42)55-33-8-7-32-40(52-14-13-51-32)41(33)69(2,3)67/h4-8,13-14,21-25,27,35,38,44,47,56,63-64H,9-12,15-20H2,1-3H3,(H,53,55,57). The lowest BCUT2D eigenvalue weighted by Gasteiger charge is -2.44. The van der Waals surface area contributed by atoms with Gasteiger partial charge in [-0.15, -0.1) is 0 Å². The number of nitrogens with zero attached hydrogens (tertiary/aromatic N) is 10. The van der Waals surface area contributed by atoms with Crippen molar-refractivity contribution in [2.24, 2.45) is 0 Å². The number of amides is 2. The van der Waals surface area contributed by atoms with E-state index in [0.29, 0.717) is 109 Å². The average Bonchev–Trinajstić information content (AvgIpc) is 3.94. The Bertz CT molecular complexity index is 3020. The molecule has 0 aliphatic carbocycles. The number of methoxy groups -OCH3 is 1. The molecule has 0 bridgehead atoms. The summed E-state index contributed by atoms with van der Waals surface area (Å²) in [6.07, 6.45) is 7.60. The number of aliphatic hydroxyl groups excluding tert-OH is 2. The third-order valence-corrected chi connectivity index (χ3v) is 15.6. The van der Waals surface area contributed by atoms with Crippen LogP contribution in [0.2, 0.25) is 0 Å². The number of halogens is 3. The van der Waals surface area contributed by atoms with Crippen molar-refractivity contribution in [3.63, 3.8) is 0 Å². The van der Waals surface area contributed by atoms with Crippen molar-refractivity contribution in [2.75, 3.05) is 74.8 Å². The van der Waals surface area contributed by atoms with Crippen LogP contribution in [0.25, 0.3) is 33.5 Å². The van der Waals surface area contributed by atoms with Gasteiger partial charge in [0.1, 0.15) is 36.7 Å². The number of fused-ring (bicyclic) bond motifs is 2. The molecule has 360 valence electrons. The largest absolute Gasteiger partial charge is 0.496 e. The summed E-state index contributed by atoms with van der Waals surface area (Å²) in [5.74, 6) is 0.264. The Balaban J connectivity index is 0.877. The number of hydrogen-bond acceptors (Lipinski definition) is 16. The van der Waals surface area contributed by atoms with Crippen LogP contribution in [0, 0.1) is 0 Å². The van der Waals surface area contributed by atoms with E-state index in [9.17, 15) is 33.1 Å². The van der Waals surface area contributed by atoms with Gasteiger partial charge in [0.25, 0.3) is 11.8 Å². The van der Waals surface area contributed by atoms with Crippen molar-refractivity contribution < 1.29 is 37.9 Å². The molecule has 0 spiro atoms. The van der Waals surface area contributed by atoms with E-state index in [-0.39, 0.29) is 18.3 Å². The zero-order valence-electron chi connectivity index (χ0n) is 38.0. The minimum Gasteiger partial charge on any atom is -0.496 e. The van der Waals surface area contributed by atoms with E-state index in [1.165, 1.54) is 12.4 Å². The molecule has 22 heteroatoms. The molecule has 69 heavy (non-hydrogen) atoms. The van der Waals surface area contributed by atoms with Crippen LogP contribution in [0.15, 0.2) is 77.9 Å². The number of imide groups is 1. The summed E-state index contributed by atoms with van der Waals surface area (Å²) in [4.78, 5) is 53.9. The molecule has 7 heterocycles. The SMILES string of the molecule is COc1cc(N2CCN(C3CCN(c4cccc5c4C(=O)N(C4CCC(O)NC4O)C5=O)CC3)CC2)c(-c2cnn(C(F)F)c2)cc1-c1ncc(Br)c(Nc2ccc3nccnc3c2P(C)(C)=O)n1. The third-order valence-electron chi connectivity index (χ3n) is 13.5. The number of hydrogen-bond donors (Lipinski definition) is 4. The summed E-state index contributed by atoms with van der Waals surface area (Å²) in [6, 6.07) is 12.1. The van der Waals surface area contributed by atoms with Crippen LogP contribution >= 0.6 is 23.1 Å². The van der Waals surface area contributed by atoms with Crippen LogP contribution in [-0.4, -0.2) is 146 Å². The zero-order valence-corrected chi connectivity index (χ0v) is 40.4. The molecule has 3 saturated heterocycles. The minimum atomic E-state index is -2.89. The predicted molar refractivity (Wildman–Crippen MR) is 260 cm³/mol. The third kappa shape index (κ3) is 8.84. The number of anilines is 4. The second-order valence-corrected chi connectivity index (χ2v) is 22.0. The average molecular weight is 1030 g/mol. The van der Waals surface area contributed by atoms with E-state index in [0.717, 1.165) is 36.5 Å². The van der Waals surface area contributed by atoms with Gasteiger partial charge in [0, 0.05) is 93.0 Å². The predicted octanol–water partition coefficient (Wildman–Crippen LogP) is 5.88. The number of benzene rings is 3. The van der Waals surface area contributed by atoms with Gasteiger partial charge in [0.05, 0.1) is 62.7 Å². The van der Waals surface area contributed by atoms with Gasteiger partial charge in [-0.25, -0.2) is 14.6 Å². The Morgan fingerprint density at radius 1 is 0.870 bits per heavy atom. The number of ether oxygens (including phenoxy) is 1. The highest BCUT2D eigenvalue weighted by molar-refractivity contribution is 9.10. The molecule has 3 fully saturated rings. The lowest BCUT2D eigenvalue weighted by atomic mass is 9.98. The molecule has 18 nitrogen and oxygen atoms in total. The smallest absolute Gasteiger partial charge is 0.333 e. The highest BCUT2D eigenvalue weighted by Gasteiger charge is 2.46. The van der Waals surface area contributed by atoms with Crippen molar-refractivity contribution in [1.82, 2.24) is 44.8 Å². The summed E-state index contributed by atoms with van der Waals surface area (Å²) >= 11 is 3.58. The fourth-order valence-electron chi connectivity index (χ4n) is 10.2. The van der Waals surface area contributed by atoms with E-state index >= 15 is 0 Å². The fourth-order valence-corrected chi connectivity index (χ4v) is 11.9. The number of nitrogens with one attached hydrogen (secondary N) is 2. The first-order valence-electron chi connectivity index (χ1n) is 22.7. The van der Waals surface area contributed by atoms with Gasteiger partial charge < -0.3 is 34.6 Å². The second-order valence-electron chi connectivity index (χ2n) is 18.0. The van der Waals surface area contributed by atoms with Gasteiger partial charge in [-0.3, -0.25) is 34.7 Å². The Labute approximate surface area is 404 Å². The summed E-state index contributed by atoms with van der Waals surface area (Å²) in [5.41, 5.74) is 5.46. The van der Waals surface area contributed by atoms with E-state index < -0.39 is 44.0 Å². The molecular weight excluding hydrogens is 977 g/mol. The highest BCUT2D eigenvalue weighted by atomic mass is 79.9. The number of carbonyl (C=O) groups is 2. The molecule has 10 rings (SSSR count). The first kappa shape index (κ1) is 46.8. The second kappa shape index (κ2) is 18.7. The molecule has 3 atom stereocenters. The normalized spacial score (nSPS) is 20.6. The van der Waals surface area contributed by atoms with Crippen LogP contribution in [0.3, 0.4) is 0 Å². The summed E-state index contributed by atoms with van der Waals surface area (Å²) in [6.45, 7) is 4.59. The zero-order chi connectivity index (χ0) is 48.3. The molecule has 3 aromatic heterocycles. The van der Waals surface area contributed by atoms with Gasteiger partial charge in [-0.05, 0) is 85.3 Å². The van der Waals surface area contributed by atoms with Crippen molar-refractivity contribution in [1.29, 1.82) is 0 Å². The Morgan fingerprint density at radius 3 is 2.33 bits per heavy atom. The maximum Gasteiger partial charge on any atom is 0.333 e. The van der Waals surface area contributed by atoms with Crippen LogP contribution in [0.4, 0.5) is 31.7 Å². The molecule has 0 radical (unpaired) electrons. The first-order chi connectivity index (χ1) is 33.2. The lowest BCUT2D eigenvalue weighted by Crippen LogP contribution is -2.58. The van der Waals surface area contributed by atoms with Crippen molar-refractivity contribution in [3.8, 4) is 28.3 Å². The van der Waals surface area contributed by atoms with Crippen LogP contribution in [-0.2, 0) is 4.57 Å². The maximum absolute atomic E-state index is 14.0. The molecule has 0 saturated carbocycles. The molecule has 4 aliphatic heterocycles. The summed E-state index contributed by atoms with van der Waals surface area (Å²) < 4.78 is 48.8. The Morgan fingerprint density at radius 2 is 1.62 bits per heavy atom. The molecule has 4 aliphatic rings. The highest BCUT2D eigenvalue weighted by Crippen LogP contribution is 2.44. The van der Waals surface area contributed by atoms with Gasteiger partial charge in [-0.1, -0.05) is 6.07 Å². The molecule has 3 unspecified atom stereocenters. The fraction of sp³-hybridized carbons (Fsp3) is 0.383. The van der Waals surface area contributed by atoms with Crippen LogP contribution < -0.4 is 30.5 Å². The molecule has 4 N–H and O–H groups in total. The van der Waals surface area contributed by atoms with Crippen LogP contribution in [0.5, 0.6) is 5.75 Å².